The van der Waals surface area contributed by atoms with E-state index in [2.05, 4.69) is 34.2 Å². The molecule has 33 heavy (non-hydrogen) atoms. The molecular weight excluding hydrogens is 430 g/mol. The Morgan fingerprint density at radius 3 is 2.58 bits per heavy atom. The molecule has 0 saturated carbocycles. The molecule has 0 amide bonds. The number of esters is 1. The van der Waals surface area contributed by atoms with Crippen LogP contribution in [0.1, 0.15) is 28.7 Å². The van der Waals surface area contributed by atoms with Crippen molar-refractivity contribution in [2.45, 2.75) is 20.8 Å². The summed E-state index contributed by atoms with van der Waals surface area (Å²) in [6.07, 6.45) is 1.75. The quantitative estimate of drug-likeness (QED) is 0.297. The van der Waals surface area contributed by atoms with Gasteiger partial charge in [-0.05, 0) is 50.6 Å². The number of hydrogen-bond donors (Lipinski definition) is 1. The van der Waals surface area contributed by atoms with Crippen LogP contribution < -0.4 is 0 Å². The average molecular weight is 454 g/mol. The van der Waals surface area contributed by atoms with Gasteiger partial charge in [-0.1, -0.05) is 36.4 Å². The van der Waals surface area contributed by atoms with E-state index in [9.17, 15) is 4.79 Å². The molecule has 1 N–H and O–H groups in total. The van der Waals surface area contributed by atoms with Crippen molar-refractivity contribution in [2.75, 3.05) is 6.61 Å². The highest BCUT2D eigenvalue weighted by Gasteiger charge is 2.23. The van der Waals surface area contributed by atoms with Crippen LogP contribution in [0.4, 0.5) is 0 Å². The SMILES string of the molecule is CCOC(=O)c1c(-c2cccnc2C)[nH]c2ccc(-c3sc(-c4ccccc4)nc3C)cc12. The van der Waals surface area contributed by atoms with E-state index in [4.69, 9.17) is 9.72 Å². The van der Waals surface area contributed by atoms with Crippen molar-refractivity contribution in [3.05, 3.63) is 83.8 Å². The molecule has 5 aromatic rings. The summed E-state index contributed by atoms with van der Waals surface area (Å²) in [6, 6.07) is 20.2. The molecule has 2 aromatic carbocycles. The first-order valence-electron chi connectivity index (χ1n) is 10.8. The number of carbonyl (C=O) groups is 1. The van der Waals surface area contributed by atoms with E-state index < -0.39 is 0 Å². The Hall–Kier alpha value is -3.77. The number of H-pyrrole nitrogens is 1. The first-order valence-corrected chi connectivity index (χ1v) is 11.7. The molecular formula is C27H23N3O2S. The van der Waals surface area contributed by atoms with Crippen LogP contribution in [0.3, 0.4) is 0 Å². The second kappa shape index (κ2) is 8.64. The third-order valence-corrected chi connectivity index (χ3v) is 6.89. The molecule has 0 atom stereocenters. The van der Waals surface area contributed by atoms with Gasteiger partial charge in [-0.2, -0.15) is 0 Å². The summed E-state index contributed by atoms with van der Waals surface area (Å²) in [5.41, 5.74) is 6.98. The first-order chi connectivity index (χ1) is 16.1. The van der Waals surface area contributed by atoms with Gasteiger partial charge in [0.2, 0.25) is 0 Å². The third-order valence-electron chi connectivity index (χ3n) is 5.63. The lowest BCUT2D eigenvalue weighted by atomic mass is 10.0. The van der Waals surface area contributed by atoms with E-state index in [0.717, 1.165) is 54.6 Å². The lowest BCUT2D eigenvalue weighted by Gasteiger charge is -2.07. The highest BCUT2D eigenvalue weighted by molar-refractivity contribution is 7.18. The summed E-state index contributed by atoms with van der Waals surface area (Å²) < 4.78 is 5.44. The maximum atomic E-state index is 13.1. The summed E-state index contributed by atoms with van der Waals surface area (Å²) in [7, 11) is 0. The van der Waals surface area contributed by atoms with Gasteiger partial charge in [-0.15, -0.1) is 11.3 Å². The molecule has 0 aliphatic carbocycles. The van der Waals surface area contributed by atoms with Crippen LogP contribution in [-0.2, 0) is 4.74 Å². The van der Waals surface area contributed by atoms with E-state index in [1.165, 1.54) is 0 Å². The van der Waals surface area contributed by atoms with Gasteiger partial charge in [0.1, 0.15) is 5.01 Å². The van der Waals surface area contributed by atoms with Gasteiger partial charge < -0.3 is 9.72 Å². The summed E-state index contributed by atoms with van der Waals surface area (Å²) in [6.45, 7) is 6.09. The number of aromatic amines is 1. The number of aryl methyl sites for hydroxylation is 2. The van der Waals surface area contributed by atoms with E-state index in [1.54, 1.807) is 17.5 Å². The van der Waals surface area contributed by atoms with Crippen LogP contribution in [0.25, 0.3) is 43.2 Å². The van der Waals surface area contributed by atoms with Crippen molar-refractivity contribution in [1.29, 1.82) is 0 Å². The largest absolute Gasteiger partial charge is 0.462 e. The number of fused-ring (bicyclic) bond motifs is 1. The van der Waals surface area contributed by atoms with E-state index >= 15 is 0 Å². The van der Waals surface area contributed by atoms with Crippen molar-refractivity contribution in [3.63, 3.8) is 0 Å². The fourth-order valence-corrected chi connectivity index (χ4v) is 5.14. The van der Waals surface area contributed by atoms with Crippen molar-refractivity contribution in [2.24, 2.45) is 0 Å². The lowest BCUT2D eigenvalue weighted by molar-refractivity contribution is 0.0529. The topological polar surface area (TPSA) is 67.9 Å². The molecule has 3 aromatic heterocycles. The zero-order chi connectivity index (χ0) is 22.9. The number of ether oxygens (including phenoxy) is 1. The minimum absolute atomic E-state index is 0.311. The van der Waals surface area contributed by atoms with Crippen molar-refractivity contribution >= 4 is 28.2 Å². The summed E-state index contributed by atoms with van der Waals surface area (Å²) in [5, 5.41) is 1.81. The summed E-state index contributed by atoms with van der Waals surface area (Å²) in [4.78, 5) is 26.8. The van der Waals surface area contributed by atoms with Crippen molar-refractivity contribution in [1.82, 2.24) is 15.0 Å². The number of nitrogens with one attached hydrogen (secondary N) is 1. The van der Waals surface area contributed by atoms with Crippen LogP contribution in [0, 0.1) is 13.8 Å². The molecule has 0 spiro atoms. The van der Waals surface area contributed by atoms with Gasteiger partial charge in [-0.3, -0.25) is 4.98 Å². The molecule has 5 nitrogen and oxygen atoms in total. The molecule has 6 heteroatoms. The Morgan fingerprint density at radius 1 is 1.00 bits per heavy atom. The van der Waals surface area contributed by atoms with E-state index in [-0.39, 0.29) is 5.97 Å². The van der Waals surface area contributed by atoms with Gasteiger partial charge in [0.25, 0.3) is 0 Å². The average Bonchev–Trinajstić information content (AvgIpc) is 3.40. The summed E-state index contributed by atoms with van der Waals surface area (Å²) in [5.74, 6) is -0.342. The maximum Gasteiger partial charge on any atom is 0.340 e. The molecule has 0 unspecified atom stereocenters. The minimum atomic E-state index is -0.342. The molecule has 164 valence electrons. The molecule has 5 rings (SSSR count). The number of nitrogens with zero attached hydrogens (tertiary/aromatic N) is 2. The lowest BCUT2D eigenvalue weighted by Crippen LogP contribution is -2.06. The normalized spacial score (nSPS) is 11.1. The molecule has 0 bridgehead atoms. The highest BCUT2D eigenvalue weighted by atomic mass is 32.1. The smallest absolute Gasteiger partial charge is 0.340 e. The van der Waals surface area contributed by atoms with Crippen molar-refractivity contribution < 1.29 is 9.53 Å². The first kappa shape index (κ1) is 21.1. The van der Waals surface area contributed by atoms with E-state index in [1.807, 2.05) is 57.2 Å². The number of pyridine rings is 1. The van der Waals surface area contributed by atoms with Gasteiger partial charge in [0.15, 0.2) is 0 Å². The molecule has 0 aliphatic rings. The monoisotopic (exact) mass is 453 g/mol. The molecule has 0 radical (unpaired) electrons. The fraction of sp³-hybridized carbons (Fsp3) is 0.148. The molecule has 0 saturated heterocycles. The number of thiazole rings is 1. The standard InChI is InChI=1S/C27H23N3O2S/c1-4-32-27(31)23-21-15-19(25-17(3)29-26(33-25)18-9-6-5-7-10-18)12-13-22(21)30-24(23)20-11-8-14-28-16(20)2/h5-15,30H,4H2,1-3H3. The zero-order valence-corrected chi connectivity index (χ0v) is 19.5. The number of aromatic nitrogens is 3. The van der Waals surface area contributed by atoms with Crippen LogP contribution in [0.2, 0.25) is 0 Å². The molecule has 3 heterocycles. The van der Waals surface area contributed by atoms with Gasteiger partial charge in [-0.25, -0.2) is 9.78 Å². The predicted molar refractivity (Wildman–Crippen MR) is 134 cm³/mol. The minimum Gasteiger partial charge on any atom is -0.462 e. The fourth-order valence-electron chi connectivity index (χ4n) is 4.07. The van der Waals surface area contributed by atoms with Crippen LogP contribution in [-0.4, -0.2) is 27.5 Å². The highest BCUT2D eigenvalue weighted by Crippen LogP contribution is 2.39. The Balaban J connectivity index is 1.68. The zero-order valence-electron chi connectivity index (χ0n) is 18.7. The van der Waals surface area contributed by atoms with Crippen LogP contribution in [0.15, 0.2) is 66.9 Å². The van der Waals surface area contributed by atoms with E-state index in [0.29, 0.717) is 12.2 Å². The second-order valence-electron chi connectivity index (χ2n) is 7.79. The molecule has 0 fully saturated rings. The van der Waals surface area contributed by atoms with Gasteiger partial charge >= 0.3 is 5.97 Å². The number of hydrogen-bond acceptors (Lipinski definition) is 5. The van der Waals surface area contributed by atoms with Gasteiger partial charge in [0.05, 0.1) is 28.4 Å². The Labute approximate surface area is 196 Å². The summed E-state index contributed by atoms with van der Waals surface area (Å²) >= 11 is 1.66. The van der Waals surface area contributed by atoms with Crippen molar-refractivity contribution in [3.8, 4) is 32.3 Å². The number of carbonyl (C=O) groups excluding carboxylic acids is 1. The Kier molecular flexibility index (Phi) is 5.52. The maximum absolute atomic E-state index is 13.1. The molecule has 0 aliphatic heterocycles. The Bertz CT molecular complexity index is 1470. The van der Waals surface area contributed by atoms with Crippen LogP contribution in [0.5, 0.6) is 0 Å². The number of benzene rings is 2. The second-order valence-corrected chi connectivity index (χ2v) is 8.79. The Morgan fingerprint density at radius 2 is 1.82 bits per heavy atom. The predicted octanol–water partition coefficient (Wildman–Crippen LogP) is 6.81. The number of rotatable bonds is 5. The third kappa shape index (κ3) is 3.83. The van der Waals surface area contributed by atoms with Gasteiger partial charge in [0, 0.05) is 33.9 Å². The van der Waals surface area contributed by atoms with Crippen LogP contribution >= 0.6 is 11.3 Å².